The highest BCUT2D eigenvalue weighted by Crippen LogP contribution is 2.38. The van der Waals surface area contributed by atoms with Crippen LogP contribution in [0.4, 0.5) is 0 Å². The van der Waals surface area contributed by atoms with E-state index in [0.717, 1.165) is 28.7 Å². The summed E-state index contributed by atoms with van der Waals surface area (Å²) in [5.74, 6) is -1.60. The summed E-state index contributed by atoms with van der Waals surface area (Å²) in [4.78, 5) is 38.0. The molecule has 1 saturated carbocycles. The fourth-order valence-electron chi connectivity index (χ4n) is 3.92. The summed E-state index contributed by atoms with van der Waals surface area (Å²) in [5, 5.41) is 2.88. The van der Waals surface area contributed by atoms with Crippen molar-refractivity contribution in [1.82, 2.24) is 5.32 Å². The van der Waals surface area contributed by atoms with Gasteiger partial charge in [0.15, 0.2) is 5.78 Å². The Morgan fingerprint density at radius 3 is 2.48 bits per heavy atom. The molecule has 0 spiro atoms. The number of carbonyl (C=O) groups excluding carboxylic acids is 3. The van der Waals surface area contributed by atoms with Crippen molar-refractivity contribution in [3.8, 4) is 0 Å². The van der Waals surface area contributed by atoms with Crippen LogP contribution < -0.4 is 5.32 Å². The Bertz CT molecular complexity index is 784. The van der Waals surface area contributed by atoms with E-state index in [4.69, 9.17) is 0 Å². The van der Waals surface area contributed by atoms with Gasteiger partial charge in [-0.2, -0.15) is 0 Å². The highest BCUT2D eigenvalue weighted by Gasteiger charge is 2.44. The van der Waals surface area contributed by atoms with E-state index < -0.39 is 11.8 Å². The average Bonchev–Trinajstić information content (AvgIpc) is 2.79. The van der Waals surface area contributed by atoms with Gasteiger partial charge in [-0.05, 0) is 63.3 Å². The van der Waals surface area contributed by atoms with Gasteiger partial charge in [0, 0.05) is 24.3 Å². The molecule has 1 aliphatic carbocycles. The third-order valence-corrected chi connectivity index (χ3v) is 4.93. The summed E-state index contributed by atoms with van der Waals surface area (Å²) < 4.78 is 0. The fraction of sp³-hybridized carbons (Fsp3) is 0.522. The first-order chi connectivity index (χ1) is 12.6. The Balaban J connectivity index is 2.31. The Labute approximate surface area is 162 Å². The molecule has 27 heavy (non-hydrogen) atoms. The summed E-state index contributed by atoms with van der Waals surface area (Å²) in [6.07, 6.45) is 4.99. The van der Waals surface area contributed by atoms with E-state index in [-0.39, 0.29) is 35.9 Å². The molecule has 1 N–H and O–H groups in total. The molecule has 146 valence electrons. The van der Waals surface area contributed by atoms with Gasteiger partial charge in [-0.15, -0.1) is 0 Å². The van der Waals surface area contributed by atoms with Crippen molar-refractivity contribution >= 4 is 23.5 Å². The Hall–Kier alpha value is -2.23. The Morgan fingerprint density at radius 2 is 1.93 bits per heavy atom. The number of hydrogen-bond acceptors (Lipinski definition) is 3. The number of ketones is 2. The highest BCUT2D eigenvalue weighted by atomic mass is 16.2. The third-order valence-electron chi connectivity index (χ3n) is 4.93. The first kappa shape index (κ1) is 21.1. The lowest BCUT2D eigenvalue weighted by molar-refractivity contribution is -0.129. The molecule has 2 rings (SSSR count). The lowest BCUT2D eigenvalue weighted by atomic mass is 9.84. The van der Waals surface area contributed by atoms with Gasteiger partial charge in [0.2, 0.25) is 5.91 Å². The topological polar surface area (TPSA) is 63.2 Å². The van der Waals surface area contributed by atoms with Crippen molar-refractivity contribution in [1.29, 1.82) is 0 Å². The number of benzene rings is 1. The van der Waals surface area contributed by atoms with Gasteiger partial charge in [-0.25, -0.2) is 0 Å². The predicted octanol–water partition coefficient (Wildman–Crippen LogP) is 4.14. The fourth-order valence-corrected chi connectivity index (χ4v) is 3.92. The molecule has 1 aromatic carbocycles. The second-order valence-corrected chi connectivity index (χ2v) is 8.47. The van der Waals surface area contributed by atoms with Crippen LogP contribution in [-0.4, -0.2) is 23.0 Å². The number of Topliss-reactive ketones (excluding diaryl/α,β-unsaturated/α-hetero) is 2. The minimum atomic E-state index is -0.730. The molecule has 0 aliphatic heterocycles. The van der Waals surface area contributed by atoms with Crippen LogP contribution in [0.25, 0.3) is 6.08 Å². The standard InChI is InChI=1S/C23H31NO3/c1-7-9-15-10-14(3)20(16(8-2)11-15)21-18(25)12-17(22(21)27)13-19(26)24-23(4,5)6/h7,9-11,17,21H,8,12-13H2,1-6H3,(H,24,26)/b9-7+. The predicted molar refractivity (Wildman–Crippen MR) is 109 cm³/mol. The number of hydrogen-bond donors (Lipinski definition) is 1. The first-order valence-electron chi connectivity index (χ1n) is 9.71. The molecular formula is C23H31NO3. The molecule has 0 saturated heterocycles. The Morgan fingerprint density at radius 1 is 1.26 bits per heavy atom. The lowest BCUT2D eigenvalue weighted by Crippen LogP contribution is -2.41. The Kier molecular flexibility index (Phi) is 6.40. The summed E-state index contributed by atoms with van der Waals surface area (Å²) in [6, 6.07) is 4.08. The van der Waals surface area contributed by atoms with Crippen LogP contribution in [-0.2, 0) is 20.8 Å². The third kappa shape index (κ3) is 4.94. The van der Waals surface area contributed by atoms with Crippen LogP contribution in [0.15, 0.2) is 18.2 Å². The molecule has 4 heteroatoms. The number of rotatable bonds is 5. The molecule has 0 bridgehead atoms. The van der Waals surface area contributed by atoms with E-state index in [1.807, 2.05) is 59.8 Å². The SMILES string of the molecule is C/C=C/c1cc(C)c(C2C(=O)CC(CC(=O)NC(C)(C)C)C2=O)c(CC)c1. The second-order valence-electron chi connectivity index (χ2n) is 8.47. The molecule has 4 nitrogen and oxygen atoms in total. The van der Waals surface area contributed by atoms with E-state index in [2.05, 4.69) is 11.4 Å². The molecule has 0 aromatic heterocycles. The van der Waals surface area contributed by atoms with Crippen molar-refractivity contribution in [3.63, 3.8) is 0 Å². The van der Waals surface area contributed by atoms with Gasteiger partial charge < -0.3 is 5.32 Å². The van der Waals surface area contributed by atoms with Crippen LogP contribution in [0.3, 0.4) is 0 Å². The van der Waals surface area contributed by atoms with E-state index in [1.54, 1.807) is 0 Å². The van der Waals surface area contributed by atoms with Gasteiger partial charge in [-0.3, -0.25) is 14.4 Å². The van der Waals surface area contributed by atoms with Crippen molar-refractivity contribution in [2.24, 2.45) is 5.92 Å². The van der Waals surface area contributed by atoms with Crippen molar-refractivity contribution in [3.05, 3.63) is 40.5 Å². The van der Waals surface area contributed by atoms with Crippen LogP contribution in [0, 0.1) is 12.8 Å². The highest BCUT2D eigenvalue weighted by molar-refractivity contribution is 6.15. The van der Waals surface area contributed by atoms with Crippen LogP contribution in [0.1, 0.15) is 75.6 Å². The molecule has 1 amide bonds. The molecule has 0 radical (unpaired) electrons. The van der Waals surface area contributed by atoms with Crippen molar-refractivity contribution < 1.29 is 14.4 Å². The molecule has 1 aliphatic rings. The largest absolute Gasteiger partial charge is 0.351 e. The zero-order valence-electron chi connectivity index (χ0n) is 17.3. The monoisotopic (exact) mass is 369 g/mol. The number of allylic oxidation sites excluding steroid dienone is 1. The van der Waals surface area contributed by atoms with Crippen molar-refractivity contribution in [2.75, 3.05) is 0 Å². The van der Waals surface area contributed by atoms with E-state index in [1.165, 1.54) is 0 Å². The molecule has 1 fully saturated rings. The van der Waals surface area contributed by atoms with Crippen LogP contribution in [0.5, 0.6) is 0 Å². The average molecular weight is 370 g/mol. The maximum Gasteiger partial charge on any atom is 0.221 e. The van der Waals surface area contributed by atoms with Crippen LogP contribution >= 0.6 is 0 Å². The summed E-state index contributed by atoms with van der Waals surface area (Å²) in [5.41, 5.74) is 3.58. The van der Waals surface area contributed by atoms with Gasteiger partial charge in [0.25, 0.3) is 0 Å². The van der Waals surface area contributed by atoms with Gasteiger partial charge in [-0.1, -0.05) is 31.2 Å². The number of aryl methyl sites for hydroxylation is 2. The number of carbonyl (C=O) groups is 3. The summed E-state index contributed by atoms with van der Waals surface area (Å²) in [7, 11) is 0. The van der Waals surface area contributed by atoms with Crippen molar-refractivity contribution in [2.45, 2.75) is 72.3 Å². The lowest BCUT2D eigenvalue weighted by Gasteiger charge is -2.21. The quantitative estimate of drug-likeness (QED) is 0.794. The number of amides is 1. The minimum absolute atomic E-state index is 0.0647. The summed E-state index contributed by atoms with van der Waals surface area (Å²) in [6.45, 7) is 11.7. The van der Waals surface area contributed by atoms with Gasteiger partial charge in [0.05, 0.1) is 0 Å². The molecule has 2 atom stereocenters. The second kappa shape index (κ2) is 8.20. The van der Waals surface area contributed by atoms with Gasteiger partial charge >= 0.3 is 0 Å². The summed E-state index contributed by atoms with van der Waals surface area (Å²) >= 11 is 0. The van der Waals surface area contributed by atoms with E-state index in [9.17, 15) is 14.4 Å². The molecule has 0 heterocycles. The minimum Gasteiger partial charge on any atom is -0.351 e. The molecule has 2 unspecified atom stereocenters. The van der Waals surface area contributed by atoms with Gasteiger partial charge in [0.1, 0.15) is 11.7 Å². The first-order valence-corrected chi connectivity index (χ1v) is 9.71. The number of nitrogens with one attached hydrogen (secondary N) is 1. The molecule has 1 aromatic rings. The smallest absolute Gasteiger partial charge is 0.221 e. The molecular weight excluding hydrogens is 338 g/mol. The zero-order valence-corrected chi connectivity index (χ0v) is 17.3. The van der Waals surface area contributed by atoms with Crippen LogP contribution in [0.2, 0.25) is 0 Å². The normalized spacial score (nSPS) is 20.5. The van der Waals surface area contributed by atoms with E-state index in [0.29, 0.717) is 0 Å². The maximum absolute atomic E-state index is 13.0. The zero-order chi connectivity index (χ0) is 20.4. The maximum atomic E-state index is 13.0. The van der Waals surface area contributed by atoms with E-state index >= 15 is 0 Å².